The van der Waals surface area contributed by atoms with Crippen LogP contribution in [0.25, 0.3) is 0 Å². The molecule has 0 atom stereocenters. The molecule has 0 amide bonds. The maximum atomic E-state index is 12.3. The molecule has 2 aliphatic rings. The number of ketones is 2. The minimum Gasteiger partial charge on any atom is -0.454 e. The summed E-state index contributed by atoms with van der Waals surface area (Å²) in [6.07, 6.45) is 6.07. The van der Waals surface area contributed by atoms with Crippen molar-refractivity contribution < 1.29 is 28.5 Å². The van der Waals surface area contributed by atoms with E-state index in [-0.39, 0.29) is 25.2 Å². The zero-order valence-electron chi connectivity index (χ0n) is 17.9. The molecule has 0 fully saturated rings. The van der Waals surface area contributed by atoms with Gasteiger partial charge < -0.3 is 29.6 Å². The van der Waals surface area contributed by atoms with Crippen molar-refractivity contribution in [3.8, 4) is 23.0 Å². The maximum Gasteiger partial charge on any atom is 0.231 e. The molecule has 0 aliphatic carbocycles. The molecule has 0 aromatic heterocycles. The summed E-state index contributed by atoms with van der Waals surface area (Å²) in [5.41, 5.74) is 2.65. The maximum absolute atomic E-state index is 12.3. The molecule has 170 valence electrons. The van der Waals surface area contributed by atoms with E-state index < -0.39 is 0 Å². The summed E-state index contributed by atoms with van der Waals surface area (Å²) < 4.78 is 21.1. The number of benzene rings is 3. The Morgan fingerprint density at radius 1 is 0.588 bits per heavy atom. The van der Waals surface area contributed by atoms with Crippen LogP contribution in [0.1, 0.15) is 20.7 Å². The summed E-state index contributed by atoms with van der Waals surface area (Å²) in [6, 6.07) is 17.6. The third kappa shape index (κ3) is 4.71. The molecular formula is C26H20N2O6. The van der Waals surface area contributed by atoms with Crippen molar-refractivity contribution in [2.45, 2.75) is 0 Å². The van der Waals surface area contributed by atoms with E-state index in [0.717, 1.165) is 11.4 Å². The van der Waals surface area contributed by atoms with Crippen LogP contribution in [-0.4, -0.2) is 25.2 Å². The van der Waals surface area contributed by atoms with Crippen molar-refractivity contribution in [3.05, 3.63) is 96.3 Å². The molecule has 0 unspecified atom stereocenters. The lowest BCUT2D eigenvalue weighted by molar-refractivity contribution is 0.103. The number of carbonyl (C=O) groups is 2. The second-order valence-corrected chi connectivity index (χ2v) is 7.40. The molecule has 3 aromatic rings. The fourth-order valence-corrected chi connectivity index (χ4v) is 3.38. The molecule has 2 heterocycles. The molecule has 0 saturated carbocycles. The fourth-order valence-electron chi connectivity index (χ4n) is 3.38. The lowest BCUT2D eigenvalue weighted by atomic mass is 10.1. The van der Waals surface area contributed by atoms with Crippen molar-refractivity contribution in [3.63, 3.8) is 0 Å². The van der Waals surface area contributed by atoms with Gasteiger partial charge in [0.05, 0.1) is 0 Å². The summed E-state index contributed by atoms with van der Waals surface area (Å²) in [5, 5.41) is 6.12. The van der Waals surface area contributed by atoms with Gasteiger partial charge in [-0.1, -0.05) is 0 Å². The first-order valence-corrected chi connectivity index (χ1v) is 10.5. The van der Waals surface area contributed by atoms with Crippen molar-refractivity contribution in [2.75, 3.05) is 24.2 Å². The van der Waals surface area contributed by atoms with Crippen molar-refractivity contribution >= 4 is 22.9 Å². The van der Waals surface area contributed by atoms with Gasteiger partial charge in [-0.2, -0.15) is 0 Å². The van der Waals surface area contributed by atoms with E-state index in [1.165, 1.54) is 12.2 Å². The van der Waals surface area contributed by atoms with Gasteiger partial charge in [-0.15, -0.1) is 0 Å². The Morgan fingerprint density at radius 2 is 1.00 bits per heavy atom. The Kier molecular flexibility index (Phi) is 5.85. The van der Waals surface area contributed by atoms with Crippen LogP contribution in [-0.2, 0) is 0 Å². The molecule has 5 rings (SSSR count). The Labute approximate surface area is 195 Å². The van der Waals surface area contributed by atoms with Gasteiger partial charge in [-0.25, -0.2) is 0 Å². The topological polar surface area (TPSA) is 95.1 Å². The minimum atomic E-state index is -0.152. The lowest BCUT2D eigenvalue weighted by Gasteiger charge is -2.04. The van der Waals surface area contributed by atoms with Crippen LogP contribution in [0.5, 0.6) is 23.0 Å². The molecule has 8 heteroatoms. The van der Waals surface area contributed by atoms with Gasteiger partial charge in [0, 0.05) is 47.1 Å². The molecule has 2 aliphatic heterocycles. The first kappa shape index (κ1) is 21.1. The van der Waals surface area contributed by atoms with E-state index in [1.807, 2.05) is 24.3 Å². The number of hydrogen-bond acceptors (Lipinski definition) is 8. The second kappa shape index (κ2) is 9.41. The third-order valence-electron chi connectivity index (χ3n) is 5.17. The van der Waals surface area contributed by atoms with Gasteiger partial charge in [0.15, 0.2) is 34.6 Å². The van der Waals surface area contributed by atoms with Gasteiger partial charge in [0.1, 0.15) is 0 Å². The number of ether oxygens (including phenoxy) is 4. The molecule has 3 aromatic carbocycles. The highest BCUT2D eigenvalue weighted by molar-refractivity contribution is 6.05. The number of carbonyl (C=O) groups excluding carboxylic acids is 2. The Bertz CT molecular complexity index is 1200. The lowest BCUT2D eigenvalue weighted by Crippen LogP contribution is -1.97. The van der Waals surface area contributed by atoms with Crippen molar-refractivity contribution in [1.29, 1.82) is 0 Å². The molecule has 0 spiro atoms. The van der Waals surface area contributed by atoms with E-state index in [1.54, 1.807) is 48.8 Å². The van der Waals surface area contributed by atoms with Crippen molar-refractivity contribution in [2.24, 2.45) is 0 Å². The number of anilines is 2. The highest BCUT2D eigenvalue weighted by Crippen LogP contribution is 2.33. The molecule has 34 heavy (non-hydrogen) atoms. The Balaban J connectivity index is 1.12. The van der Waals surface area contributed by atoms with E-state index in [0.29, 0.717) is 34.1 Å². The van der Waals surface area contributed by atoms with Crippen molar-refractivity contribution in [1.82, 2.24) is 0 Å². The molecule has 2 N–H and O–H groups in total. The summed E-state index contributed by atoms with van der Waals surface area (Å²) in [7, 11) is 0. The monoisotopic (exact) mass is 456 g/mol. The zero-order valence-corrected chi connectivity index (χ0v) is 17.9. The number of nitrogens with one attached hydrogen (secondary N) is 2. The van der Waals surface area contributed by atoms with Crippen LogP contribution in [0.3, 0.4) is 0 Å². The summed E-state index contributed by atoms with van der Waals surface area (Å²) in [5.74, 6) is 2.12. The molecule has 0 bridgehead atoms. The largest absolute Gasteiger partial charge is 0.454 e. The number of rotatable bonds is 8. The number of fused-ring (bicyclic) bond motifs is 2. The number of hydrogen-bond donors (Lipinski definition) is 2. The standard InChI is InChI=1S/C26H20N2O6/c29-21(17-1-7-23-25(13-17)33-15-31-23)9-11-27-19-3-5-20(6-4-19)28-12-10-22(30)18-2-8-24-26(14-18)34-16-32-24/h1-14,27-28H,15-16H2/b11-9+,12-10+. The fraction of sp³-hybridized carbons (Fsp3) is 0.0769. The van der Waals surface area contributed by atoms with Gasteiger partial charge in [0.25, 0.3) is 0 Å². The molecule has 8 nitrogen and oxygen atoms in total. The minimum absolute atomic E-state index is 0.152. The van der Waals surface area contributed by atoms with E-state index in [9.17, 15) is 9.59 Å². The predicted molar refractivity (Wildman–Crippen MR) is 126 cm³/mol. The SMILES string of the molecule is O=C(/C=C/Nc1ccc(N/C=C/C(=O)c2ccc3c(c2)OCO3)cc1)c1ccc2c(c1)OCO2. The van der Waals surface area contributed by atoms with E-state index in [2.05, 4.69) is 10.6 Å². The zero-order chi connectivity index (χ0) is 23.3. The van der Waals surface area contributed by atoms with Gasteiger partial charge >= 0.3 is 0 Å². The van der Waals surface area contributed by atoms with Gasteiger partial charge in [0.2, 0.25) is 13.6 Å². The quantitative estimate of drug-likeness (QED) is 0.370. The average Bonchev–Trinajstić information content (AvgIpc) is 3.53. The normalized spacial score (nSPS) is 13.4. The first-order valence-electron chi connectivity index (χ1n) is 10.5. The predicted octanol–water partition coefficient (Wildman–Crippen LogP) is 4.76. The van der Waals surface area contributed by atoms with Gasteiger partial charge in [-0.3, -0.25) is 9.59 Å². The third-order valence-corrected chi connectivity index (χ3v) is 5.17. The van der Waals surface area contributed by atoms with E-state index in [4.69, 9.17) is 18.9 Å². The Hall–Kier alpha value is -4.72. The first-order chi connectivity index (χ1) is 16.7. The second-order valence-electron chi connectivity index (χ2n) is 7.40. The highest BCUT2D eigenvalue weighted by Gasteiger charge is 2.16. The van der Waals surface area contributed by atoms with E-state index >= 15 is 0 Å². The van der Waals surface area contributed by atoms with Crippen LogP contribution in [0, 0.1) is 0 Å². The highest BCUT2D eigenvalue weighted by atomic mass is 16.7. The summed E-state index contributed by atoms with van der Waals surface area (Å²) >= 11 is 0. The Morgan fingerprint density at radius 3 is 1.44 bits per heavy atom. The smallest absolute Gasteiger partial charge is 0.231 e. The molecular weight excluding hydrogens is 436 g/mol. The molecule has 0 saturated heterocycles. The number of allylic oxidation sites excluding steroid dienone is 2. The summed E-state index contributed by atoms with van der Waals surface area (Å²) in [6.45, 7) is 0.336. The van der Waals surface area contributed by atoms with Crippen LogP contribution >= 0.6 is 0 Å². The van der Waals surface area contributed by atoms with Crippen LogP contribution in [0.2, 0.25) is 0 Å². The summed E-state index contributed by atoms with van der Waals surface area (Å²) in [4.78, 5) is 24.7. The van der Waals surface area contributed by atoms with Gasteiger partial charge in [-0.05, 0) is 60.7 Å². The van der Waals surface area contributed by atoms with Crippen LogP contribution in [0.15, 0.2) is 85.2 Å². The van der Waals surface area contributed by atoms with Crippen LogP contribution < -0.4 is 29.6 Å². The average molecular weight is 456 g/mol. The van der Waals surface area contributed by atoms with Crippen LogP contribution in [0.4, 0.5) is 11.4 Å². The molecule has 0 radical (unpaired) electrons.